The number of likely N-dealkylation sites (tertiary alicyclic amines) is 1. The first-order chi connectivity index (χ1) is 19.8. The molecule has 41 heavy (non-hydrogen) atoms. The molecule has 2 amide bonds. The number of carbonyl (C=O) groups excluding carboxylic acids is 3. The number of rotatable bonds is 8. The van der Waals surface area contributed by atoms with Crippen LogP contribution in [0.3, 0.4) is 0 Å². The summed E-state index contributed by atoms with van der Waals surface area (Å²) in [4.78, 5) is 46.3. The highest BCUT2D eigenvalue weighted by atomic mass is 35.5. The molecule has 3 heterocycles. The van der Waals surface area contributed by atoms with Crippen LogP contribution in [0.25, 0.3) is 22.3 Å². The number of hydrogen-bond acceptors (Lipinski definition) is 7. The van der Waals surface area contributed by atoms with E-state index in [1.807, 2.05) is 0 Å². The Hall–Kier alpha value is -4.55. The topological polar surface area (TPSA) is 136 Å². The molecule has 5 rings (SSSR count). The van der Waals surface area contributed by atoms with E-state index in [0.29, 0.717) is 33.7 Å². The van der Waals surface area contributed by atoms with Gasteiger partial charge in [-0.2, -0.15) is 5.10 Å². The minimum atomic E-state index is -1.43. The third kappa shape index (κ3) is 5.83. The smallest absolute Gasteiger partial charge is 0.247 e. The van der Waals surface area contributed by atoms with Crippen LogP contribution >= 0.6 is 11.6 Å². The van der Waals surface area contributed by atoms with Crippen molar-refractivity contribution < 1.29 is 23.2 Å². The van der Waals surface area contributed by atoms with Gasteiger partial charge in [-0.25, -0.2) is 18.7 Å². The maximum Gasteiger partial charge on any atom is 0.247 e. The zero-order valence-corrected chi connectivity index (χ0v) is 22.3. The van der Waals surface area contributed by atoms with Crippen molar-refractivity contribution in [3.63, 3.8) is 0 Å². The van der Waals surface area contributed by atoms with Crippen molar-refractivity contribution in [2.45, 2.75) is 31.7 Å². The summed E-state index contributed by atoms with van der Waals surface area (Å²) in [6, 6.07) is 10.0. The third-order valence-corrected chi connectivity index (χ3v) is 7.04. The van der Waals surface area contributed by atoms with Gasteiger partial charge in [-0.15, -0.1) is 0 Å². The van der Waals surface area contributed by atoms with Crippen molar-refractivity contribution in [1.29, 1.82) is 0 Å². The van der Waals surface area contributed by atoms with Crippen LogP contribution in [0, 0.1) is 5.82 Å². The summed E-state index contributed by atoms with van der Waals surface area (Å²) in [6.07, 6.45) is 3.28. The second-order valence-electron chi connectivity index (χ2n) is 9.37. The predicted molar refractivity (Wildman–Crippen MR) is 147 cm³/mol. The lowest BCUT2D eigenvalue weighted by Gasteiger charge is -2.24. The number of anilines is 1. The van der Waals surface area contributed by atoms with Gasteiger partial charge >= 0.3 is 0 Å². The Bertz CT molecular complexity index is 1610. The predicted octanol–water partition coefficient (Wildman–Crippen LogP) is 3.65. The van der Waals surface area contributed by atoms with Crippen molar-refractivity contribution in [2.24, 2.45) is 5.73 Å². The fourth-order valence-electron chi connectivity index (χ4n) is 4.74. The number of amides is 2. The number of hydrogen-bond donors (Lipinski definition) is 2. The Balaban J connectivity index is 1.33. The first kappa shape index (κ1) is 28.0. The molecule has 0 saturated carbocycles. The summed E-state index contributed by atoms with van der Waals surface area (Å²) in [5.74, 6) is -1.96. The van der Waals surface area contributed by atoms with Crippen molar-refractivity contribution in [1.82, 2.24) is 24.6 Å². The summed E-state index contributed by atoms with van der Waals surface area (Å²) in [5, 5.41) is 7.19. The molecule has 1 aliphatic rings. The Morgan fingerprint density at radius 3 is 2.54 bits per heavy atom. The molecule has 2 atom stereocenters. The molecule has 0 aliphatic carbocycles. The molecule has 10 nitrogen and oxygen atoms in total. The van der Waals surface area contributed by atoms with Crippen molar-refractivity contribution in [2.75, 3.05) is 11.9 Å². The van der Waals surface area contributed by atoms with Gasteiger partial charge in [-0.3, -0.25) is 19.1 Å². The zero-order valence-electron chi connectivity index (χ0n) is 21.5. The molecule has 210 valence electrons. The molecule has 1 aliphatic heterocycles. The Labute approximate surface area is 238 Å². The van der Waals surface area contributed by atoms with Gasteiger partial charge < -0.3 is 16.0 Å². The van der Waals surface area contributed by atoms with Crippen molar-refractivity contribution in [3.05, 3.63) is 83.4 Å². The largest absolute Gasteiger partial charge is 0.326 e. The standard InChI is InChI=1S/C28H24ClF2N7O3/c29-21-6-2-1-4-18(21)19-5-3-7-22(27(19)31)35-28(41)24-8-17(30)12-38(24)26(40)14-37-13-20(23(9-32)36-37)16-10-33-25(15-39)34-11-16/h1-7,10-11,13,15,17,24H,8-9,12,14,32H2,(H,35,41)/t17-,24+/m1/s1. The van der Waals surface area contributed by atoms with E-state index in [1.165, 1.54) is 29.2 Å². The molecule has 4 aromatic rings. The molecule has 13 heteroatoms. The van der Waals surface area contributed by atoms with Crippen LogP contribution in [0.4, 0.5) is 14.5 Å². The van der Waals surface area contributed by atoms with Gasteiger partial charge in [0.15, 0.2) is 17.9 Å². The lowest BCUT2D eigenvalue weighted by molar-refractivity contribution is -0.137. The number of nitrogens with one attached hydrogen (secondary N) is 1. The van der Waals surface area contributed by atoms with Crippen LogP contribution in [-0.2, 0) is 22.7 Å². The monoisotopic (exact) mass is 579 g/mol. The van der Waals surface area contributed by atoms with E-state index in [1.54, 1.807) is 36.5 Å². The molecule has 1 fully saturated rings. The molecule has 0 bridgehead atoms. The summed E-state index contributed by atoms with van der Waals surface area (Å²) in [5.41, 5.74) is 7.90. The number of alkyl halides is 1. The molecule has 0 spiro atoms. The second kappa shape index (κ2) is 11.9. The van der Waals surface area contributed by atoms with Crippen molar-refractivity contribution >= 4 is 35.4 Å². The van der Waals surface area contributed by atoms with Gasteiger partial charge in [0.25, 0.3) is 0 Å². The molecule has 0 unspecified atom stereocenters. The van der Waals surface area contributed by atoms with E-state index in [0.717, 1.165) is 4.90 Å². The summed E-state index contributed by atoms with van der Waals surface area (Å²) in [7, 11) is 0. The molecule has 1 saturated heterocycles. The number of aromatic nitrogens is 4. The Morgan fingerprint density at radius 1 is 1.10 bits per heavy atom. The van der Waals surface area contributed by atoms with E-state index >= 15 is 4.39 Å². The highest BCUT2D eigenvalue weighted by Crippen LogP contribution is 2.33. The fraction of sp³-hybridized carbons (Fsp3) is 0.214. The lowest BCUT2D eigenvalue weighted by atomic mass is 10.0. The van der Waals surface area contributed by atoms with Gasteiger partial charge in [-0.1, -0.05) is 41.9 Å². The first-order valence-electron chi connectivity index (χ1n) is 12.6. The SMILES string of the molecule is NCc1nn(CC(=O)N2C[C@H](F)C[C@H]2C(=O)Nc2cccc(-c3ccccc3Cl)c2F)cc1-c1cnc(C=O)nc1. The van der Waals surface area contributed by atoms with E-state index < -0.39 is 29.8 Å². The van der Waals surface area contributed by atoms with Crippen molar-refractivity contribution in [3.8, 4) is 22.3 Å². The average Bonchev–Trinajstić information content (AvgIpc) is 3.58. The van der Waals surface area contributed by atoms with Gasteiger partial charge in [0.05, 0.1) is 17.9 Å². The Kier molecular flexibility index (Phi) is 8.13. The molecule has 3 N–H and O–H groups in total. The molecular formula is C28H24ClF2N7O3. The minimum absolute atomic E-state index is 0.0141. The van der Waals surface area contributed by atoms with Gasteiger partial charge in [0, 0.05) is 58.8 Å². The number of carbonyl (C=O) groups is 3. The highest BCUT2D eigenvalue weighted by molar-refractivity contribution is 6.33. The molecule has 2 aromatic heterocycles. The highest BCUT2D eigenvalue weighted by Gasteiger charge is 2.40. The number of nitrogens with two attached hydrogens (primary N) is 1. The quantitative estimate of drug-likeness (QED) is 0.304. The van der Waals surface area contributed by atoms with Gasteiger partial charge in [0.2, 0.25) is 11.8 Å². The third-order valence-electron chi connectivity index (χ3n) is 6.71. The van der Waals surface area contributed by atoms with Crippen LogP contribution in [0.2, 0.25) is 5.02 Å². The van der Waals surface area contributed by atoms with Crippen LogP contribution in [-0.4, -0.2) is 61.5 Å². The number of nitrogens with zero attached hydrogens (tertiary/aromatic N) is 5. The summed E-state index contributed by atoms with van der Waals surface area (Å²) in [6.45, 7) is -0.545. The van der Waals surface area contributed by atoms with Crippen LogP contribution in [0.5, 0.6) is 0 Å². The summed E-state index contributed by atoms with van der Waals surface area (Å²) < 4.78 is 31.2. The van der Waals surface area contributed by atoms with Crippen LogP contribution < -0.4 is 11.1 Å². The average molecular weight is 580 g/mol. The normalized spacial score (nSPS) is 16.5. The number of benzene rings is 2. The number of halogens is 3. The molecule has 2 aromatic carbocycles. The Morgan fingerprint density at radius 2 is 1.83 bits per heavy atom. The summed E-state index contributed by atoms with van der Waals surface area (Å²) >= 11 is 6.22. The number of aldehydes is 1. The van der Waals surface area contributed by atoms with E-state index in [4.69, 9.17) is 17.3 Å². The van der Waals surface area contributed by atoms with E-state index in [2.05, 4.69) is 20.4 Å². The van der Waals surface area contributed by atoms with Crippen LogP contribution in [0.15, 0.2) is 61.1 Å². The molecular weight excluding hydrogens is 556 g/mol. The maximum absolute atomic E-state index is 15.4. The van der Waals surface area contributed by atoms with E-state index in [-0.39, 0.29) is 43.1 Å². The lowest BCUT2D eigenvalue weighted by Crippen LogP contribution is -2.44. The minimum Gasteiger partial charge on any atom is -0.326 e. The second-order valence-corrected chi connectivity index (χ2v) is 9.78. The molecule has 0 radical (unpaired) electrons. The maximum atomic E-state index is 15.4. The van der Waals surface area contributed by atoms with Gasteiger partial charge in [0.1, 0.15) is 18.8 Å². The zero-order chi connectivity index (χ0) is 29.1. The first-order valence-corrected chi connectivity index (χ1v) is 13.0. The van der Waals surface area contributed by atoms with E-state index in [9.17, 15) is 18.8 Å². The van der Waals surface area contributed by atoms with Gasteiger partial charge in [-0.05, 0) is 12.1 Å². The van der Waals surface area contributed by atoms with Crippen LogP contribution in [0.1, 0.15) is 22.7 Å². The fourth-order valence-corrected chi connectivity index (χ4v) is 4.98.